The maximum atomic E-state index is 12.4. The Hall–Kier alpha value is -2.15. The Labute approximate surface area is 126 Å². The van der Waals surface area contributed by atoms with Gasteiger partial charge < -0.3 is 15.2 Å². The fourth-order valence-electron chi connectivity index (χ4n) is 2.59. The van der Waals surface area contributed by atoms with Crippen molar-refractivity contribution in [2.45, 2.75) is 18.9 Å². The van der Waals surface area contributed by atoms with Crippen LogP contribution in [0.25, 0.3) is 0 Å². The molecule has 1 aliphatic rings. The summed E-state index contributed by atoms with van der Waals surface area (Å²) >= 11 is 1.16. The lowest BCUT2D eigenvalue weighted by Gasteiger charge is -2.32. The third-order valence-corrected chi connectivity index (χ3v) is 4.85. The van der Waals surface area contributed by atoms with Gasteiger partial charge in [-0.05, 0) is 25.0 Å². The highest BCUT2D eigenvalue weighted by atomic mass is 32.1. The third kappa shape index (κ3) is 2.82. The average molecular weight is 304 g/mol. The number of carbonyl (C=O) groups is 2. The molecule has 2 N–H and O–H groups in total. The summed E-state index contributed by atoms with van der Waals surface area (Å²) in [5.74, 6) is -0.505. The quantitative estimate of drug-likeness (QED) is 0.933. The van der Waals surface area contributed by atoms with Crippen LogP contribution in [-0.4, -0.2) is 39.4 Å². The Morgan fingerprint density at radius 2 is 1.95 bits per heavy atom. The fourth-order valence-corrected chi connectivity index (χ4v) is 3.42. The molecular weight excluding hydrogens is 288 g/mol. The number of nitrogens with two attached hydrogens (primary N) is 1. The standard InChI is InChI=1S/C14H16N4O2S/c15-13(19)11-1-2-12(21-11)14(20)17-6-3-10(4-7-17)18-8-5-16-9-18/h1-2,5,8-10H,3-4,6-7H2,(H2,15,19). The first kappa shape index (κ1) is 13.8. The average Bonchev–Trinajstić information content (AvgIpc) is 3.18. The monoisotopic (exact) mass is 304 g/mol. The molecule has 0 saturated carbocycles. The lowest BCUT2D eigenvalue weighted by atomic mass is 10.0. The van der Waals surface area contributed by atoms with Crippen LogP contribution in [0.4, 0.5) is 0 Å². The van der Waals surface area contributed by atoms with Gasteiger partial charge in [-0.25, -0.2) is 4.98 Å². The van der Waals surface area contributed by atoms with Crippen molar-refractivity contribution in [3.63, 3.8) is 0 Å². The van der Waals surface area contributed by atoms with Crippen molar-refractivity contribution in [2.24, 2.45) is 5.73 Å². The Kier molecular flexibility index (Phi) is 3.74. The maximum absolute atomic E-state index is 12.4. The minimum Gasteiger partial charge on any atom is -0.365 e. The second-order valence-corrected chi connectivity index (χ2v) is 6.15. The van der Waals surface area contributed by atoms with E-state index < -0.39 is 5.91 Å². The second-order valence-electron chi connectivity index (χ2n) is 5.06. The molecule has 21 heavy (non-hydrogen) atoms. The van der Waals surface area contributed by atoms with Crippen LogP contribution in [0.2, 0.25) is 0 Å². The minimum absolute atomic E-state index is 0.0171. The molecule has 1 aliphatic heterocycles. The molecule has 7 heteroatoms. The summed E-state index contributed by atoms with van der Waals surface area (Å²) in [6.07, 6.45) is 7.38. The van der Waals surface area contributed by atoms with E-state index in [0.29, 0.717) is 28.9 Å². The van der Waals surface area contributed by atoms with E-state index >= 15 is 0 Å². The van der Waals surface area contributed by atoms with Gasteiger partial charge in [0.2, 0.25) is 0 Å². The van der Waals surface area contributed by atoms with Crippen molar-refractivity contribution in [2.75, 3.05) is 13.1 Å². The molecule has 0 aliphatic carbocycles. The molecule has 0 unspecified atom stereocenters. The topological polar surface area (TPSA) is 81.2 Å². The summed E-state index contributed by atoms with van der Waals surface area (Å²) in [4.78, 5) is 30.4. The number of thiophene rings is 1. The number of likely N-dealkylation sites (tertiary alicyclic amines) is 1. The first-order chi connectivity index (χ1) is 10.1. The molecule has 0 atom stereocenters. The lowest BCUT2D eigenvalue weighted by Crippen LogP contribution is -2.38. The molecule has 0 bridgehead atoms. The number of nitrogens with zero attached hydrogens (tertiary/aromatic N) is 3. The van der Waals surface area contributed by atoms with Crippen molar-refractivity contribution in [3.05, 3.63) is 40.6 Å². The Balaban J connectivity index is 1.63. The van der Waals surface area contributed by atoms with E-state index in [1.54, 1.807) is 18.3 Å². The number of aromatic nitrogens is 2. The highest BCUT2D eigenvalue weighted by Crippen LogP contribution is 2.25. The van der Waals surface area contributed by atoms with E-state index in [2.05, 4.69) is 9.55 Å². The van der Waals surface area contributed by atoms with E-state index in [4.69, 9.17) is 5.73 Å². The minimum atomic E-state index is -0.488. The number of piperidine rings is 1. The van der Waals surface area contributed by atoms with Crippen LogP contribution in [0.5, 0.6) is 0 Å². The molecular formula is C14H16N4O2S. The molecule has 110 valence electrons. The van der Waals surface area contributed by atoms with Crippen molar-refractivity contribution >= 4 is 23.2 Å². The van der Waals surface area contributed by atoms with Crippen molar-refractivity contribution in [1.29, 1.82) is 0 Å². The van der Waals surface area contributed by atoms with Gasteiger partial charge in [0, 0.05) is 31.5 Å². The predicted octanol–water partition coefficient (Wildman–Crippen LogP) is 1.52. The van der Waals surface area contributed by atoms with E-state index in [1.807, 2.05) is 17.4 Å². The number of hydrogen-bond acceptors (Lipinski definition) is 4. The second kappa shape index (κ2) is 5.69. The van der Waals surface area contributed by atoms with Crippen LogP contribution >= 0.6 is 11.3 Å². The third-order valence-electron chi connectivity index (χ3n) is 3.76. The molecule has 2 aromatic heterocycles. The Morgan fingerprint density at radius 1 is 1.24 bits per heavy atom. The summed E-state index contributed by atoms with van der Waals surface area (Å²) in [6, 6.07) is 3.69. The van der Waals surface area contributed by atoms with E-state index in [1.165, 1.54) is 0 Å². The van der Waals surface area contributed by atoms with E-state index in [0.717, 1.165) is 24.2 Å². The number of amides is 2. The zero-order valence-electron chi connectivity index (χ0n) is 11.4. The van der Waals surface area contributed by atoms with Crippen LogP contribution in [0.1, 0.15) is 38.2 Å². The van der Waals surface area contributed by atoms with Gasteiger partial charge in [-0.1, -0.05) is 0 Å². The van der Waals surface area contributed by atoms with Gasteiger partial charge >= 0.3 is 0 Å². The summed E-state index contributed by atoms with van der Waals surface area (Å²) in [5, 5.41) is 0. The highest BCUT2D eigenvalue weighted by molar-refractivity contribution is 7.15. The van der Waals surface area contributed by atoms with Crippen LogP contribution in [0.3, 0.4) is 0 Å². The van der Waals surface area contributed by atoms with Gasteiger partial charge in [0.1, 0.15) is 0 Å². The fraction of sp³-hybridized carbons (Fsp3) is 0.357. The first-order valence-electron chi connectivity index (χ1n) is 6.81. The molecule has 0 radical (unpaired) electrons. The van der Waals surface area contributed by atoms with Crippen molar-refractivity contribution in [1.82, 2.24) is 14.5 Å². The van der Waals surface area contributed by atoms with Crippen molar-refractivity contribution < 1.29 is 9.59 Å². The zero-order valence-corrected chi connectivity index (χ0v) is 12.3. The number of carbonyl (C=O) groups excluding carboxylic acids is 2. The van der Waals surface area contributed by atoms with Gasteiger partial charge in [0.25, 0.3) is 11.8 Å². The SMILES string of the molecule is NC(=O)c1ccc(C(=O)N2CCC(n3ccnc3)CC2)s1. The summed E-state index contributed by atoms with van der Waals surface area (Å²) in [6.45, 7) is 1.43. The predicted molar refractivity (Wildman–Crippen MR) is 79.2 cm³/mol. The van der Waals surface area contributed by atoms with E-state index in [9.17, 15) is 9.59 Å². The van der Waals surface area contributed by atoms with Gasteiger partial charge in [-0.15, -0.1) is 11.3 Å². The normalized spacial score (nSPS) is 16.1. The summed E-state index contributed by atoms with van der Waals surface area (Å²) in [7, 11) is 0. The number of imidazole rings is 1. The molecule has 0 spiro atoms. The molecule has 2 amide bonds. The van der Waals surface area contributed by atoms with Gasteiger partial charge in [-0.3, -0.25) is 9.59 Å². The van der Waals surface area contributed by atoms with Crippen LogP contribution in [-0.2, 0) is 0 Å². The lowest BCUT2D eigenvalue weighted by molar-refractivity contribution is 0.0699. The van der Waals surface area contributed by atoms with Crippen molar-refractivity contribution in [3.8, 4) is 0 Å². The summed E-state index contributed by atoms with van der Waals surface area (Å²) < 4.78 is 2.10. The van der Waals surface area contributed by atoms with Gasteiger partial charge in [0.05, 0.1) is 16.1 Å². The largest absolute Gasteiger partial charge is 0.365 e. The first-order valence-corrected chi connectivity index (χ1v) is 7.63. The number of hydrogen-bond donors (Lipinski definition) is 1. The Bertz CT molecular complexity index is 642. The Morgan fingerprint density at radius 3 is 2.52 bits per heavy atom. The molecule has 3 heterocycles. The van der Waals surface area contributed by atoms with Crippen LogP contribution < -0.4 is 5.73 Å². The molecule has 3 rings (SSSR count). The highest BCUT2D eigenvalue weighted by Gasteiger charge is 2.25. The van der Waals surface area contributed by atoms with Gasteiger partial charge in [-0.2, -0.15) is 0 Å². The molecule has 1 fully saturated rings. The van der Waals surface area contributed by atoms with Crippen LogP contribution in [0.15, 0.2) is 30.9 Å². The molecule has 1 saturated heterocycles. The maximum Gasteiger partial charge on any atom is 0.263 e. The van der Waals surface area contributed by atoms with Crippen LogP contribution in [0, 0.1) is 0 Å². The molecule has 2 aromatic rings. The molecule has 6 nitrogen and oxygen atoms in total. The smallest absolute Gasteiger partial charge is 0.263 e. The summed E-state index contributed by atoms with van der Waals surface area (Å²) in [5.41, 5.74) is 5.22. The zero-order chi connectivity index (χ0) is 14.8. The molecule has 0 aromatic carbocycles. The number of rotatable bonds is 3. The van der Waals surface area contributed by atoms with E-state index in [-0.39, 0.29) is 5.91 Å². The number of primary amides is 1. The van der Waals surface area contributed by atoms with Gasteiger partial charge in [0.15, 0.2) is 0 Å².